The van der Waals surface area contributed by atoms with E-state index < -0.39 is 5.76 Å². The molecule has 10 heteroatoms. The quantitative estimate of drug-likeness (QED) is 0.291. The Bertz CT molecular complexity index is 1620. The lowest BCUT2D eigenvalue weighted by molar-refractivity contribution is 0.348. The number of nitrogens with one attached hydrogen (secondary N) is 1. The van der Waals surface area contributed by atoms with Crippen LogP contribution in [0.25, 0.3) is 16.9 Å². The summed E-state index contributed by atoms with van der Waals surface area (Å²) >= 11 is 1.60. The van der Waals surface area contributed by atoms with Crippen LogP contribution in [0.15, 0.2) is 57.4 Å². The highest BCUT2D eigenvalue weighted by Crippen LogP contribution is 2.35. The molecular weight excluding hydrogens is 500 g/mol. The van der Waals surface area contributed by atoms with Gasteiger partial charge in [0, 0.05) is 38.9 Å². The number of aromatic amines is 1. The molecule has 4 aromatic rings. The highest BCUT2D eigenvalue weighted by molar-refractivity contribution is 7.13. The van der Waals surface area contributed by atoms with Crippen molar-refractivity contribution >= 4 is 28.3 Å². The summed E-state index contributed by atoms with van der Waals surface area (Å²) in [6, 6.07) is 4.24. The maximum Gasteiger partial charge on any atom is 0.439 e. The van der Waals surface area contributed by atoms with E-state index in [1.807, 2.05) is 34.2 Å². The number of hydrogen-bond acceptors (Lipinski definition) is 7. The van der Waals surface area contributed by atoms with Gasteiger partial charge in [-0.3, -0.25) is 18.9 Å². The zero-order chi connectivity index (χ0) is 26.6. The fourth-order valence-corrected chi connectivity index (χ4v) is 6.46. The number of nitrogens with zero attached hydrogens (tertiary/aromatic N) is 5. The van der Waals surface area contributed by atoms with Crippen LogP contribution in [0, 0.1) is 0 Å². The van der Waals surface area contributed by atoms with Gasteiger partial charge in [-0.05, 0) is 38.3 Å². The molecule has 0 atom stereocenters. The molecule has 0 aliphatic heterocycles. The van der Waals surface area contributed by atoms with Crippen LogP contribution >= 0.6 is 11.3 Å². The van der Waals surface area contributed by atoms with Crippen LogP contribution in [0.3, 0.4) is 0 Å². The number of rotatable bonds is 9. The first-order valence-corrected chi connectivity index (χ1v) is 14.0. The van der Waals surface area contributed by atoms with Crippen molar-refractivity contribution in [3.8, 4) is 0 Å². The van der Waals surface area contributed by atoms with Crippen molar-refractivity contribution in [3.05, 3.63) is 91.0 Å². The molecule has 4 heterocycles. The fourth-order valence-electron chi connectivity index (χ4n) is 5.40. The molecule has 1 N–H and O–H groups in total. The van der Waals surface area contributed by atoms with Gasteiger partial charge in [-0.2, -0.15) is 10.1 Å². The van der Waals surface area contributed by atoms with Crippen LogP contribution in [0.2, 0.25) is 0 Å². The minimum absolute atomic E-state index is 0.0481. The van der Waals surface area contributed by atoms with Crippen LogP contribution in [-0.2, 0) is 12.8 Å². The number of hydrogen-bond donors (Lipinski definition) is 1. The van der Waals surface area contributed by atoms with E-state index in [-0.39, 0.29) is 11.6 Å². The maximum atomic E-state index is 14.1. The Balaban J connectivity index is 1.57. The van der Waals surface area contributed by atoms with Gasteiger partial charge in [0.1, 0.15) is 6.33 Å². The molecular formula is C28H32N6O3S. The number of aromatic nitrogens is 6. The Morgan fingerprint density at radius 2 is 2.05 bits per heavy atom. The summed E-state index contributed by atoms with van der Waals surface area (Å²) < 4.78 is 8.51. The molecule has 198 valence electrons. The largest absolute Gasteiger partial charge is 0.439 e. The van der Waals surface area contributed by atoms with E-state index in [0.29, 0.717) is 18.0 Å². The third-order valence-corrected chi connectivity index (χ3v) is 8.21. The van der Waals surface area contributed by atoms with E-state index in [1.165, 1.54) is 6.42 Å². The first-order valence-electron chi connectivity index (χ1n) is 13.2. The monoisotopic (exact) mass is 532 g/mol. The molecule has 0 spiro atoms. The Kier molecular flexibility index (Phi) is 7.69. The summed E-state index contributed by atoms with van der Waals surface area (Å²) in [6.45, 7) is 7.86. The third-order valence-electron chi connectivity index (χ3n) is 7.09. The molecule has 38 heavy (non-hydrogen) atoms. The van der Waals surface area contributed by atoms with E-state index in [9.17, 15) is 9.59 Å². The van der Waals surface area contributed by atoms with E-state index in [4.69, 9.17) is 4.52 Å². The minimum Gasteiger partial charge on any atom is -0.296 e. The van der Waals surface area contributed by atoms with Crippen LogP contribution in [0.1, 0.15) is 85.3 Å². The SMILES string of the molecule is C=C/C=C(\C(=C/C)c1noc(=O)[nH]1)c1ccc(Cc2c(CCC)n3ncnc3n(C3CCCCC3)c2=O)s1. The van der Waals surface area contributed by atoms with Crippen LogP contribution in [0.5, 0.6) is 0 Å². The van der Waals surface area contributed by atoms with Gasteiger partial charge in [-0.1, -0.05) is 62.6 Å². The topological polar surface area (TPSA) is 111 Å². The second-order valence-electron chi connectivity index (χ2n) is 9.52. The average molecular weight is 533 g/mol. The molecule has 0 amide bonds. The number of fused-ring (bicyclic) bond motifs is 1. The van der Waals surface area contributed by atoms with Gasteiger partial charge in [0.2, 0.25) is 5.78 Å². The van der Waals surface area contributed by atoms with Gasteiger partial charge in [-0.25, -0.2) is 9.31 Å². The van der Waals surface area contributed by atoms with Crippen molar-refractivity contribution in [1.82, 2.24) is 29.3 Å². The molecule has 0 saturated heterocycles. The lowest BCUT2D eigenvalue weighted by Gasteiger charge is -2.25. The Morgan fingerprint density at radius 1 is 1.24 bits per heavy atom. The third kappa shape index (κ3) is 4.88. The Morgan fingerprint density at radius 3 is 2.74 bits per heavy atom. The van der Waals surface area contributed by atoms with Crippen LogP contribution < -0.4 is 11.3 Å². The van der Waals surface area contributed by atoms with Gasteiger partial charge >= 0.3 is 5.76 Å². The fraction of sp³-hybridized carbons (Fsp3) is 0.393. The van der Waals surface area contributed by atoms with E-state index in [2.05, 4.69) is 39.8 Å². The molecule has 0 aromatic carbocycles. The van der Waals surface area contributed by atoms with E-state index in [1.54, 1.807) is 23.7 Å². The lowest BCUT2D eigenvalue weighted by atomic mass is 9.95. The Labute approximate surface area is 224 Å². The summed E-state index contributed by atoms with van der Waals surface area (Å²) in [5, 5.41) is 8.41. The standard InChI is InChI=1S/C28H32N6O3S/c1-4-10-21(20(6-3)25-31-28(36)37-32-25)24-15-14-19(38-24)16-22-23(11-5-2)34-27(29-17-30-34)33(26(22)35)18-12-8-7-9-13-18/h4,6,10,14-15,17-18H,1,5,7-9,11-13,16H2,2-3H3,(H,31,32,36)/b20-6+,21-10+. The summed E-state index contributed by atoms with van der Waals surface area (Å²) in [4.78, 5) is 34.8. The minimum atomic E-state index is -0.606. The van der Waals surface area contributed by atoms with E-state index >= 15 is 0 Å². The van der Waals surface area contributed by atoms with Crippen molar-refractivity contribution in [2.45, 2.75) is 71.3 Å². The summed E-state index contributed by atoms with van der Waals surface area (Å²) in [7, 11) is 0. The molecule has 0 radical (unpaired) electrons. The van der Waals surface area contributed by atoms with E-state index in [0.717, 1.165) is 70.7 Å². The van der Waals surface area contributed by atoms with Gasteiger partial charge < -0.3 is 0 Å². The number of aryl methyl sites for hydroxylation is 1. The summed E-state index contributed by atoms with van der Waals surface area (Å²) in [6.07, 6.45) is 14.6. The zero-order valence-corrected chi connectivity index (χ0v) is 22.6. The number of H-pyrrole nitrogens is 1. The lowest BCUT2D eigenvalue weighted by Crippen LogP contribution is -2.33. The van der Waals surface area contributed by atoms with Crippen molar-refractivity contribution in [2.24, 2.45) is 0 Å². The predicted molar refractivity (Wildman–Crippen MR) is 149 cm³/mol. The molecule has 0 unspecified atom stereocenters. The highest BCUT2D eigenvalue weighted by Gasteiger charge is 2.25. The molecule has 1 aliphatic carbocycles. The molecule has 9 nitrogen and oxygen atoms in total. The van der Waals surface area contributed by atoms with Gasteiger partial charge in [0.25, 0.3) is 5.56 Å². The second kappa shape index (κ2) is 11.3. The highest BCUT2D eigenvalue weighted by atomic mass is 32.1. The maximum absolute atomic E-state index is 14.1. The smallest absolute Gasteiger partial charge is 0.296 e. The predicted octanol–water partition coefficient (Wildman–Crippen LogP) is 5.35. The first kappa shape index (κ1) is 25.8. The van der Waals surface area contributed by atoms with Crippen molar-refractivity contribution in [1.29, 1.82) is 0 Å². The van der Waals surface area contributed by atoms with Crippen molar-refractivity contribution in [2.75, 3.05) is 0 Å². The second-order valence-corrected chi connectivity index (χ2v) is 10.7. The average Bonchev–Trinajstić information content (AvgIpc) is 3.68. The normalized spacial score (nSPS) is 15.4. The molecule has 4 aromatic heterocycles. The summed E-state index contributed by atoms with van der Waals surface area (Å²) in [5.41, 5.74) is 3.36. The first-order chi connectivity index (χ1) is 18.5. The number of allylic oxidation sites excluding steroid dienone is 5. The molecule has 5 rings (SSSR count). The van der Waals surface area contributed by atoms with Crippen LogP contribution in [-0.4, -0.2) is 29.3 Å². The zero-order valence-electron chi connectivity index (χ0n) is 21.8. The van der Waals surface area contributed by atoms with Gasteiger partial charge in [-0.15, -0.1) is 11.3 Å². The van der Waals surface area contributed by atoms with Crippen molar-refractivity contribution < 1.29 is 4.52 Å². The molecule has 1 saturated carbocycles. The number of thiophene rings is 1. The molecule has 1 aliphatic rings. The van der Waals surface area contributed by atoms with Crippen molar-refractivity contribution in [3.63, 3.8) is 0 Å². The molecule has 0 bridgehead atoms. The van der Waals surface area contributed by atoms with Gasteiger partial charge in [0.05, 0.1) is 5.69 Å². The molecule has 1 fully saturated rings. The Hall–Kier alpha value is -3.79. The summed E-state index contributed by atoms with van der Waals surface area (Å²) in [5.74, 6) is 0.402. The van der Waals surface area contributed by atoms with Crippen LogP contribution in [0.4, 0.5) is 0 Å². The van der Waals surface area contributed by atoms with Gasteiger partial charge in [0.15, 0.2) is 5.82 Å².